The van der Waals surface area contributed by atoms with E-state index in [4.69, 9.17) is 5.73 Å². The third-order valence-corrected chi connectivity index (χ3v) is 5.90. The lowest BCUT2D eigenvalue weighted by molar-refractivity contribution is -0.137. The van der Waals surface area contributed by atoms with Crippen LogP contribution in [0.3, 0.4) is 0 Å². The van der Waals surface area contributed by atoms with E-state index in [1.165, 1.54) is 6.07 Å². The number of hydrogen-bond acceptors (Lipinski definition) is 3. The first-order valence-corrected chi connectivity index (χ1v) is 9.62. The molecule has 1 aliphatic heterocycles. The molecule has 0 atom stereocenters. The van der Waals surface area contributed by atoms with Gasteiger partial charge >= 0.3 is 6.18 Å². The normalized spacial score (nSPS) is 26.6. The van der Waals surface area contributed by atoms with Crippen LogP contribution in [0.25, 0.3) is 0 Å². The van der Waals surface area contributed by atoms with Crippen molar-refractivity contribution in [1.29, 1.82) is 0 Å². The molecule has 0 amide bonds. The first-order chi connectivity index (χ1) is 12.1. The Morgan fingerprint density at radius 3 is 2.27 bits per heavy atom. The largest absolute Gasteiger partial charge is 0.418 e. The molecule has 6 heteroatoms. The van der Waals surface area contributed by atoms with Crippen molar-refractivity contribution in [2.24, 2.45) is 11.1 Å². The molecule has 1 saturated carbocycles. The molecule has 1 saturated heterocycles. The summed E-state index contributed by atoms with van der Waals surface area (Å²) in [5.74, 6) is 0. The van der Waals surface area contributed by atoms with Gasteiger partial charge in [0.1, 0.15) is 0 Å². The Morgan fingerprint density at radius 2 is 1.69 bits per heavy atom. The zero-order valence-corrected chi connectivity index (χ0v) is 15.7. The van der Waals surface area contributed by atoms with Crippen LogP contribution in [0.5, 0.6) is 0 Å². The highest BCUT2D eigenvalue weighted by Gasteiger charge is 2.37. The van der Waals surface area contributed by atoms with Crippen molar-refractivity contribution in [1.82, 2.24) is 0 Å². The highest BCUT2D eigenvalue weighted by atomic mass is 19.4. The molecule has 1 heterocycles. The molecule has 3 rings (SSSR count). The Hall–Kier alpha value is -1.43. The van der Waals surface area contributed by atoms with Gasteiger partial charge in [-0.1, -0.05) is 13.8 Å². The minimum absolute atomic E-state index is 0.206. The molecule has 0 spiro atoms. The third-order valence-electron chi connectivity index (χ3n) is 5.90. The van der Waals surface area contributed by atoms with Crippen LogP contribution in [-0.4, -0.2) is 25.2 Å². The van der Waals surface area contributed by atoms with E-state index < -0.39 is 11.7 Å². The van der Waals surface area contributed by atoms with Crippen LogP contribution >= 0.6 is 0 Å². The second kappa shape index (κ2) is 7.29. The number of piperidine rings is 1. The standard InChI is InChI=1S/C20H30F3N3/c1-19(2)9-11-26(12-10-19)18-8-7-16(13-17(18)20(21,22)23)25-15-5-3-14(24)4-6-15/h7-8,13-15,25H,3-6,9-12,24H2,1-2H3. The molecule has 0 radical (unpaired) electrons. The monoisotopic (exact) mass is 369 g/mol. The van der Waals surface area contributed by atoms with Crippen molar-refractivity contribution in [3.63, 3.8) is 0 Å². The van der Waals surface area contributed by atoms with Gasteiger partial charge in [-0.25, -0.2) is 0 Å². The van der Waals surface area contributed by atoms with Crippen LogP contribution in [0, 0.1) is 5.41 Å². The molecule has 0 unspecified atom stereocenters. The predicted octanol–water partition coefficient (Wildman–Crippen LogP) is 5.01. The quantitative estimate of drug-likeness (QED) is 0.787. The van der Waals surface area contributed by atoms with Gasteiger partial charge in [-0.2, -0.15) is 13.2 Å². The molecule has 1 aliphatic carbocycles. The lowest BCUT2D eigenvalue weighted by Gasteiger charge is -2.39. The fourth-order valence-electron chi connectivity index (χ4n) is 3.98. The van der Waals surface area contributed by atoms with E-state index in [2.05, 4.69) is 19.2 Å². The number of halogens is 3. The van der Waals surface area contributed by atoms with Crippen molar-refractivity contribution >= 4 is 11.4 Å². The van der Waals surface area contributed by atoms with Gasteiger partial charge in [0.05, 0.1) is 5.56 Å². The van der Waals surface area contributed by atoms with Crippen molar-refractivity contribution in [2.45, 2.75) is 70.6 Å². The number of nitrogens with one attached hydrogen (secondary N) is 1. The number of nitrogens with zero attached hydrogens (tertiary/aromatic N) is 1. The van der Waals surface area contributed by atoms with Crippen LogP contribution in [0.1, 0.15) is 57.9 Å². The summed E-state index contributed by atoms with van der Waals surface area (Å²) in [7, 11) is 0. The Morgan fingerprint density at radius 1 is 1.08 bits per heavy atom. The van der Waals surface area contributed by atoms with Gasteiger partial charge in [0.15, 0.2) is 0 Å². The van der Waals surface area contributed by atoms with E-state index >= 15 is 0 Å². The minimum atomic E-state index is -4.35. The number of rotatable bonds is 3. The molecule has 2 fully saturated rings. The Kier molecular flexibility index (Phi) is 5.42. The summed E-state index contributed by atoms with van der Waals surface area (Å²) in [6, 6.07) is 5.14. The molecular formula is C20H30F3N3. The van der Waals surface area contributed by atoms with Crippen molar-refractivity contribution in [3.8, 4) is 0 Å². The summed E-state index contributed by atoms with van der Waals surface area (Å²) < 4.78 is 41.1. The lowest BCUT2D eigenvalue weighted by atomic mass is 9.82. The lowest BCUT2D eigenvalue weighted by Crippen LogP contribution is -2.38. The maximum absolute atomic E-state index is 13.7. The zero-order chi connectivity index (χ0) is 18.9. The van der Waals surface area contributed by atoms with E-state index in [1.807, 2.05) is 4.90 Å². The number of nitrogens with two attached hydrogens (primary N) is 1. The molecule has 1 aromatic rings. The predicted molar refractivity (Wildman–Crippen MR) is 101 cm³/mol. The van der Waals surface area contributed by atoms with Gasteiger partial charge < -0.3 is 16.0 Å². The van der Waals surface area contributed by atoms with Crippen molar-refractivity contribution in [2.75, 3.05) is 23.3 Å². The summed E-state index contributed by atoms with van der Waals surface area (Å²) in [4.78, 5) is 1.89. The number of benzene rings is 1. The first kappa shape index (κ1) is 19.3. The van der Waals surface area contributed by atoms with Crippen LogP contribution < -0.4 is 16.0 Å². The third kappa shape index (κ3) is 4.64. The Balaban J connectivity index is 1.78. The fourth-order valence-corrected chi connectivity index (χ4v) is 3.98. The molecular weight excluding hydrogens is 339 g/mol. The SMILES string of the molecule is CC1(C)CCN(c2ccc(NC3CCC(N)CC3)cc2C(F)(F)F)CC1. The molecule has 146 valence electrons. The molecule has 3 nitrogen and oxygen atoms in total. The second-order valence-electron chi connectivity index (χ2n) is 8.64. The van der Waals surface area contributed by atoms with Crippen LogP contribution in [0.2, 0.25) is 0 Å². The summed E-state index contributed by atoms with van der Waals surface area (Å²) in [6.07, 6.45) is 1.13. The highest BCUT2D eigenvalue weighted by Crippen LogP contribution is 2.41. The molecule has 26 heavy (non-hydrogen) atoms. The fraction of sp³-hybridized carbons (Fsp3) is 0.700. The first-order valence-electron chi connectivity index (χ1n) is 9.62. The van der Waals surface area contributed by atoms with Crippen LogP contribution in [0.15, 0.2) is 18.2 Å². The topological polar surface area (TPSA) is 41.3 Å². The number of alkyl halides is 3. The molecule has 2 aliphatic rings. The van der Waals surface area contributed by atoms with Crippen LogP contribution in [-0.2, 0) is 6.18 Å². The highest BCUT2D eigenvalue weighted by molar-refractivity contribution is 5.62. The number of anilines is 2. The van der Waals surface area contributed by atoms with Gasteiger partial charge in [0.25, 0.3) is 0 Å². The van der Waals surface area contributed by atoms with E-state index in [9.17, 15) is 13.2 Å². The second-order valence-corrected chi connectivity index (χ2v) is 8.64. The smallest absolute Gasteiger partial charge is 0.382 e. The summed E-state index contributed by atoms with van der Waals surface area (Å²) >= 11 is 0. The van der Waals surface area contributed by atoms with Gasteiger partial charge in [-0.15, -0.1) is 0 Å². The van der Waals surface area contributed by atoms with E-state index in [-0.39, 0.29) is 17.5 Å². The van der Waals surface area contributed by atoms with Crippen molar-refractivity contribution in [3.05, 3.63) is 23.8 Å². The Bertz CT molecular complexity index is 609. The van der Waals surface area contributed by atoms with Gasteiger partial charge in [-0.05, 0) is 62.1 Å². The van der Waals surface area contributed by atoms with Gasteiger partial charge in [-0.3, -0.25) is 0 Å². The van der Waals surface area contributed by atoms with E-state index in [0.717, 1.165) is 38.5 Å². The molecule has 0 bridgehead atoms. The minimum Gasteiger partial charge on any atom is -0.382 e. The average Bonchev–Trinajstić information content (AvgIpc) is 2.56. The zero-order valence-electron chi connectivity index (χ0n) is 15.7. The van der Waals surface area contributed by atoms with E-state index in [0.29, 0.717) is 24.5 Å². The summed E-state index contributed by atoms with van der Waals surface area (Å²) in [6.45, 7) is 5.70. The maximum Gasteiger partial charge on any atom is 0.418 e. The Labute approximate surface area is 154 Å². The molecule has 1 aromatic carbocycles. The van der Waals surface area contributed by atoms with Gasteiger partial charge in [0, 0.05) is 36.5 Å². The molecule has 0 aromatic heterocycles. The van der Waals surface area contributed by atoms with Crippen LogP contribution in [0.4, 0.5) is 24.5 Å². The average molecular weight is 369 g/mol. The number of hydrogen-bond donors (Lipinski definition) is 2. The summed E-state index contributed by atoms with van der Waals surface area (Å²) in [5, 5.41) is 3.28. The van der Waals surface area contributed by atoms with E-state index in [1.54, 1.807) is 12.1 Å². The van der Waals surface area contributed by atoms with Gasteiger partial charge in [0.2, 0.25) is 0 Å². The maximum atomic E-state index is 13.7. The molecule has 3 N–H and O–H groups in total. The summed E-state index contributed by atoms with van der Waals surface area (Å²) in [5.41, 5.74) is 6.45. The van der Waals surface area contributed by atoms with Crippen molar-refractivity contribution < 1.29 is 13.2 Å².